The monoisotopic (exact) mass is 366 g/mol. The predicted octanol–water partition coefficient (Wildman–Crippen LogP) is 4.37. The lowest BCUT2D eigenvalue weighted by atomic mass is 10.2. The molecule has 0 saturated heterocycles. The number of hydrogen-bond donors (Lipinski definition) is 0. The smallest absolute Gasteiger partial charge is 0.333 e. The Kier molecular flexibility index (Phi) is 5.76. The first-order valence-corrected chi connectivity index (χ1v) is 8.90. The van der Waals surface area contributed by atoms with Gasteiger partial charge >= 0.3 is 5.97 Å². The van der Waals surface area contributed by atoms with Crippen molar-refractivity contribution in [2.24, 2.45) is 0 Å². The van der Waals surface area contributed by atoms with Crippen LogP contribution in [0.4, 0.5) is 0 Å². The van der Waals surface area contributed by atoms with Crippen molar-refractivity contribution >= 4 is 17.3 Å². The van der Waals surface area contributed by atoms with E-state index in [4.69, 9.17) is 9.47 Å². The van der Waals surface area contributed by atoms with E-state index in [2.05, 4.69) is 16.8 Å². The SMILES string of the molecule is C=C(C)C(=O)OCCOc1ccc(-c2nnc(-c3ccccc3)s2)cc1. The number of ether oxygens (including phenoxy) is 2. The van der Waals surface area contributed by atoms with Crippen LogP contribution >= 0.6 is 11.3 Å². The average Bonchev–Trinajstić information content (AvgIpc) is 3.16. The number of benzene rings is 2. The maximum atomic E-state index is 11.3. The van der Waals surface area contributed by atoms with Gasteiger partial charge in [0.2, 0.25) is 0 Å². The highest BCUT2D eigenvalue weighted by atomic mass is 32.1. The molecule has 2 aromatic carbocycles. The van der Waals surface area contributed by atoms with Gasteiger partial charge in [0.15, 0.2) is 0 Å². The fraction of sp³-hybridized carbons (Fsp3) is 0.150. The molecular weight excluding hydrogens is 348 g/mol. The maximum Gasteiger partial charge on any atom is 0.333 e. The van der Waals surface area contributed by atoms with Gasteiger partial charge in [0.25, 0.3) is 0 Å². The summed E-state index contributed by atoms with van der Waals surface area (Å²) in [6.45, 7) is 5.61. The van der Waals surface area contributed by atoms with Crippen molar-refractivity contribution in [2.45, 2.75) is 6.92 Å². The Morgan fingerprint density at radius 2 is 1.58 bits per heavy atom. The van der Waals surface area contributed by atoms with E-state index in [1.165, 1.54) is 0 Å². The Balaban J connectivity index is 1.57. The molecule has 0 N–H and O–H groups in total. The van der Waals surface area contributed by atoms with Crippen LogP contribution in [0.25, 0.3) is 21.1 Å². The molecule has 0 spiro atoms. The van der Waals surface area contributed by atoms with Gasteiger partial charge in [-0.3, -0.25) is 0 Å². The van der Waals surface area contributed by atoms with Crippen molar-refractivity contribution in [3.63, 3.8) is 0 Å². The maximum absolute atomic E-state index is 11.3. The Morgan fingerprint density at radius 1 is 0.962 bits per heavy atom. The molecule has 0 aliphatic rings. The van der Waals surface area contributed by atoms with Crippen molar-refractivity contribution in [1.82, 2.24) is 10.2 Å². The third-order valence-corrected chi connectivity index (χ3v) is 4.50. The van der Waals surface area contributed by atoms with Gasteiger partial charge in [0.1, 0.15) is 29.0 Å². The first-order valence-electron chi connectivity index (χ1n) is 8.08. The summed E-state index contributed by atoms with van der Waals surface area (Å²) in [5.74, 6) is 0.294. The summed E-state index contributed by atoms with van der Waals surface area (Å²) in [6.07, 6.45) is 0. The summed E-state index contributed by atoms with van der Waals surface area (Å²) in [7, 11) is 0. The molecule has 3 rings (SSSR count). The van der Waals surface area contributed by atoms with E-state index in [9.17, 15) is 4.79 Å². The molecule has 0 atom stereocenters. The van der Waals surface area contributed by atoms with Crippen LogP contribution < -0.4 is 4.74 Å². The Morgan fingerprint density at radius 3 is 2.19 bits per heavy atom. The van der Waals surface area contributed by atoms with Gasteiger partial charge in [-0.1, -0.05) is 48.2 Å². The third-order valence-electron chi connectivity index (χ3n) is 3.48. The molecule has 0 amide bonds. The molecule has 5 nitrogen and oxygen atoms in total. The van der Waals surface area contributed by atoms with Crippen molar-refractivity contribution in [1.29, 1.82) is 0 Å². The number of esters is 1. The molecule has 0 unspecified atom stereocenters. The first-order chi connectivity index (χ1) is 12.6. The van der Waals surface area contributed by atoms with Crippen molar-refractivity contribution in [3.8, 4) is 26.9 Å². The summed E-state index contributed by atoms with van der Waals surface area (Å²) in [4.78, 5) is 11.3. The zero-order valence-electron chi connectivity index (χ0n) is 14.3. The van der Waals surface area contributed by atoms with Gasteiger partial charge in [-0.05, 0) is 31.2 Å². The van der Waals surface area contributed by atoms with E-state index < -0.39 is 5.97 Å². The lowest BCUT2D eigenvalue weighted by Crippen LogP contribution is -2.12. The highest BCUT2D eigenvalue weighted by molar-refractivity contribution is 7.17. The summed E-state index contributed by atoms with van der Waals surface area (Å²) in [6, 6.07) is 17.6. The number of carbonyl (C=O) groups is 1. The second-order valence-electron chi connectivity index (χ2n) is 5.57. The van der Waals surface area contributed by atoms with Crippen LogP contribution in [0.5, 0.6) is 5.75 Å². The van der Waals surface area contributed by atoms with Crippen molar-refractivity contribution in [3.05, 3.63) is 66.7 Å². The number of carbonyl (C=O) groups excluding carboxylic acids is 1. The molecule has 3 aromatic rings. The minimum Gasteiger partial charge on any atom is -0.490 e. The zero-order chi connectivity index (χ0) is 18.4. The Labute approximate surface area is 155 Å². The number of hydrogen-bond acceptors (Lipinski definition) is 6. The summed E-state index contributed by atoms with van der Waals surface area (Å²) < 4.78 is 10.5. The molecular formula is C20H18N2O3S. The van der Waals surface area contributed by atoms with Gasteiger partial charge in [0, 0.05) is 16.7 Å². The molecule has 132 valence electrons. The molecule has 0 bridgehead atoms. The standard InChI is InChI=1S/C20H18N2O3S/c1-14(2)20(23)25-13-12-24-17-10-8-16(9-11-17)19-22-21-18(26-19)15-6-4-3-5-7-15/h3-11H,1,12-13H2,2H3. The minimum absolute atomic E-state index is 0.185. The molecule has 1 aromatic heterocycles. The van der Waals surface area contributed by atoms with Crippen LogP contribution in [0.3, 0.4) is 0 Å². The lowest BCUT2D eigenvalue weighted by Gasteiger charge is -2.07. The van der Waals surface area contributed by atoms with Crippen LogP contribution in [0, 0.1) is 0 Å². The zero-order valence-corrected chi connectivity index (χ0v) is 15.2. The lowest BCUT2D eigenvalue weighted by molar-refractivity contribution is -0.139. The number of aromatic nitrogens is 2. The molecule has 26 heavy (non-hydrogen) atoms. The van der Waals surface area contributed by atoms with Gasteiger partial charge in [-0.2, -0.15) is 0 Å². The fourth-order valence-corrected chi connectivity index (χ4v) is 3.00. The van der Waals surface area contributed by atoms with Crippen molar-refractivity contribution in [2.75, 3.05) is 13.2 Å². The average molecular weight is 366 g/mol. The van der Waals surface area contributed by atoms with Crippen LogP contribution in [-0.2, 0) is 9.53 Å². The second-order valence-corrected chi connectivity index (χ2v) is 6.55. The number of nitrogens with zero attached hydrogens (tertiary/aromatic N) is 2. The molecule has 6 heteroatoms. The van der Waals surface area contributed by atoms with E-state index >= 15 is 0 Å². The van der Waals surface area contributed by atoms with Crippen LogP contribution in [0.1, 0.15) is 6.92 Å². The highest BCUT2D eigenvalue weighted by Crippen LogP contribution is 2.30. The van der Waals surface area contributed by atoms with E-state index in [0.717, 1.165) is 21.1 Å². The number of rotatable bonds is 7. The second kappa shape index (κ2) is 8.40. The van der Waals surface area contributed by atoms with E-state index in [1.807, 2.05) is 54.6 Å². The Hall–Kier alpha value is -2.99. The quantitative estimate of drug-likeness (QED) is 0.353. The molecule has 0 saturated carbocycles. The molecule has 0 radical (unpaired) electrons. The topological polar surface area (TPSA) is 61.3 Å². The van der Waals surface area contributed by atoms with Crippen molar-refractivity contribution < 1.29 is 14.3 Å². The van der Waals surface area contributed by atoms with Crippen LogP contribution in [0.15, 0.2) is 66.7 Å². The third kappa shape index (κ3) is 4.55. The van der Waals surface area contributed by atoms with E-state index in [1.54, 1.807) is 18.3 Å². The fourth-order valence-electron chi connectivity index (χ4n) is 2.15. The van der Waals surface area contributed by atoms with Gasteiger partial charge in [-0.25, -0.2) is 4.79 Å². The summed E-state index contributed by atoms with van der Waals surface area (Å²) in [5.41, 5.74) is 2.41. The largest absolute Gasteiger partial charge is 0.490 e. The Bertz CT molecular complexity index is 889. The predicted molar refractivity (Wildman–Crippen MR) is 102 cm³/mol. The molecule has 0 fully saturated rings. The summed E-state index contributed by atoms with van der Waals surface area (Å²) in [5, 5.41) is 10.3. The van der Waals surface area contributed by atoms with E-state index in [-0.39, 0.29) is 13.2 Å². The molecule has 1 heterocycles. The van der Waals surface area contributed by atoms with Gasteiger partial charge < -0.3 is 9.47 Å². The first kappa shape index (κ1) is 17.8. The van der Waals surface area contributed by atoms with Gasteiger partial charge in [0.05, 0.1) is 0 Å². The minimum atomic E-state index is -0.408. The molecule has 0 aliphatic carbocycles. The van der Waals surface area contributed by atoms with E-state index in [0.29, 0.717) is 11.3 Å². The highest BCUT2D eigenvalue weighted by Gasteiger charge is 2.08. The summed E-state index contributed by atoms with van der Waals surface area (Å²) >= 11 is 1.54. The van der Waals surface area contributed by atoms with Crippen LogP contribution in [-0.4, -0.2) is 29.4 Å². The van der Waals surface area contributed by atoms with Gasteiger partial charge in [-0.15, -0.1) is 10.2 Å². The normalized spacial score (nSPS) is 10.3. The molecule has 0 aliphatic heterocycles. The van der Waals surface area contributed by atoms with Crippen LogP contribution in [0.2, 0.25) is 0 Å².